The lowest BCUT2D eigenvalue weighted by atomic mass is 10.1. The van der Waals surface area contributed by atoms with Crippen LogP contribution in [0.4, 0.5) is 5.69 Å². The van der Waals surface area contributed by atoms with Crippen LogP contribution >= 0.6 is 34.4 Å². The largest absolute Gasteiger partial charge is 0.484 e. The van der Waals surface area contributed by atoms with Gasteiger partial charge in [0.05, 0.1) is 5.75 Å². The smallest absolute Gasteiger partial charge is 0.277 e. The second kappa shape index (κ2) is 9.23. The first-order valence-electron chi connectivity index (χ1n) is 8.19. The zero-order valence-corrected chi connectivity index (χ0v) is 17.8. The third-order valence-electron chi connectivity index (χ3n) is 3.44. The number of aryl methyl sites for hydroxylation is 2. The van der Waals surface area contributed by atoms with E-state index >= 15 is 0 Å². The molecule has 0 aliphatic carbocycles. The maximum atomic E-state index is 12.0. The summed E-state index contributed by atoms with van der Waals surface area (Å²) in [6, 6.07) is 13.6. The second-order valence-corrected chi connectivity index (χ2v) is 8.09. The first-order valence-corrected chi connectivity index (χ1v) is 10.3. The summed E-state index contributed by atoms with van der Waals surface area (Å²) >= 11 is 3.39. The van der Waals surface area contributed by atoms with Crippen LogP contribution in [0.1, 0.15) is 17.0 Å². The minimum Gasteiger partial charge on any atom is -0.484 e. The number of carbonyl (C=O) groups is 1. The summed E-state index contributed by atoms with van der Waals surface area (Å²) in [6.07, 6.45) is 0. The molecule has 0 unspecified atom stereocenters. The predicted octanol–water partition coefficient (Wildman–Crippen LogP) is 4.60. The highest BCUT2D eigenvalue weighted by molar-refractivity contribution is 14.1. The first kappa shape index (κ1) is 19.7. The number of benzene rings is 2. The number of anilines is 1. The standard InChI is InChI=1S/C19H18IN3O3S/c1-12-6-13(2)8-16(7-12)25-10-18-22-23-19(26-18)27-11-17(24)21-15-5-3-4-14(20)9-15/h3-9H,10-11H2,1-2H3,(H,21,24). The Morgan fingerprint density at radius 2 is 1.96 bits per heavy atom. The van der Waals surface area contributed by atoms with Gasteiger partial charge in [0.2, 0.25) is 5.91 Å². The molecule has 0 atom stereocenters. The number of nitrogens with one attached hydrogen (secondary N) is 1. The Kier molecular flexibility index (Phi) is 6.73. The van der Waals surface area contributed by atoms with Gasteiger partial charge in [0, 0.05) is 9.26 Å². The van der Waals surface area contributed by atoms with Crippen molar-refractivity contribution < 1.29 is 13.9 Å². The van der Waals surface area contributed by atoms with Crippen molar-refractivity contribution in [3.63, 3.8) is 0 Å². The van der Waals surface area contributed by atoms with Gasteiger partial charge >= 0.3 is 0 Å². The highest BCUT2D eigenvalue weighted by Gasteiger charge is 2.11. The monoisotopic (exact) mass is 495 g/mol. The minimum absolute atomic E-state index is 0.131. The molecule has 8 heteroatoms. The van der Waals surface area contributed by atoms with Gasteiger partial charge in [0.1, 0.15) is 5.75 Å². The fourth-order valence-electron chi connectivity index (χ4n) is 2.41. The van der Waals surface area contributed by atoms with Crippen LogP contribution in [0.2, 0.25) is 0 Å². The number of hydrogen-bond acceptors (Lipinski definition) is 6. The molecule has 0 spiro atoms. The summed E-state index contributed by atoms with van der Waals surface area (Å²) in [4.78, 5) is 12.0. The van der Waals surface area contributed by atoms with Gasteiger partial charge in [-0.15, -0.1) is 10.2 Å². The first-order chi connectivity index (χ1) is 13.0. The molecule has 0 bridgehead atoms. The molecule has 3 rings (SSSR count). The van der Waals surface area contributed by atoms with Crippen LogP contribution in [0.3, 0.4) is 0 Å². The SMILES string of the molecule is Cc1cc(C)cc(OCc2nnc(SCC(=O)Nc3cccc(I)c3)o2)c1. The van der Waals surface area contributed by atoms with Gasteiger partial charge in [0.15, 0.2) is 6.61 Å². The van der Waals surface area contributed by atoms with Crippen molar-refractivity contribution >= 4 is 45.9 Å². The summed E-state index contributed by atoms with van der Waals surface area (Å²) in [7, 11) is 0. The van der Waals surface area contributed by atoms with Gasteiger partial charge in [-0.05, 0) is 77.9 Å². The van der Waals surface area contributed by atoms with E-state index in [1.165, 1.54) is 11.8 Å². The van der Waals surface area contributed by atoms with E-state index in [4.69, 9.17) is 9.15 Å². The lowest BCUT2D eigenvalue weighted by Gasteiger charge is -2.05. The zero-order chi connectivity index (χ0) is 19.2. The molecule has 6 nitrogen and oxygen atoms in total. The highest BCUT2D eigenvalue weighted by atomic mass is 127. The van der Waals surface area contributed by atoms with E-state index in [1.54, 1.807) is 0 Å². The average Bonchev–Trinajstić information content (AvgIpc) is 3.05. The number of nitrogens with zero attached hydrogens (tertiary/aromatic N) is 2. The zero-order valence-electron chi connectivity index (χ0n) is 14.9. The van der Waals surface area contributed by atoms with Gasteiger partial charge in [-0.1, -0.05) is 23.9 Å². The van der Waals surface area contributed by atoms with Crippen molar-refractivity contribution in [3.05, 3.63) is 63.1 Å². The van der Waals surface area contributed by atoms with Crippen molar-refractivity contribution in [3.8, 4) is 5.75 Å². The number of amides is 1. The number of rotatable bonds is 7. The molecule has 0 aliphatic rings. The van der Waals surface area contributed by atoms with Gasteiger partial charge in [-0.25, -0.2) is 0 Å². The van der Waals surface area contributed by atoms with Gasteiger partial charge in [0.25, 0.3) is 11.1 Å². The molecule has 1 amide bonds. The van der Waals surface area contributed by atoms with Crippen LogP contribution < -0.4 is 10.1 Å². The Hall–Kier alpha value is -2.07. The Labute approximate surface area is 175 Å². The van der Waals surface area contributed by atoms with E-state index < -0.39 is 0 Å². The topological polar surface area (TPSA) is 77.2 Å². The minimum atomic E-state index is -0.131. The Morgan fingerprint density at radius 3 is 2.70 bits per heavy atom. The van der Waals surface area contributed by atoms with Crippen LogP contribution in [-0.4, -0.2) is 21.9 Å². The number of ether oxygens (including phenoxy) is 1. The fourth-order valence-corrected chi connectivity index (χ4v) is 3.53. The van der Waals surface area contributed by atoms with E-state index in [0.717, 1.165) is 26.1 Å². The van der Waals surface area contributed by atoms with Crippen molar-refractivity contribution in [2.75, 3.05) is 11.1 Å². The average molecular weight is 495 g/mol. The van der Waals surface area contributed by atoms with Crippen molar-refractivity contribution in [1.29, 1.82) is 0 Å². The fraction of sp³-hybridized carbons (Fsp3) is 0.211. The molecule has 140 valence electrons. The van der Waals surface area contributed by atoms with Crippen molar-refractivity contribution in [2.24, 2.45) is 0 Å². The third kappa shape index (κ3) is 6.24. The van der Waals surface area contributed by atoms with Gasteiger partial charge in [-0.2, -0.15) is 0 Å². The molecule has 0 fully saturated rings. The molecular weight excluding hydrogens is 477 g/mol. The van der Waals surface area contributed by atoms with Crippen molar-refractivity contribution in [1.82, 2.24) is 10.2 Å². The molecule has 1 aromatic heterocycles. The maximum absolute atomic E-state index is 12.0. The number of halogens is 1. The summed E-state index contributed by atoms with van der Waals surface area (Å²) in [6.45, 7) is 4.22. The van der Waals surface area contributed by atoms with Crippen LogP contribution in [-0.2, 0) is 11.4 Å². The van der Waals surface area contributed by atoms with Crippen LogP contribution in [0.25, 0.3) is 0 Å². The van der Waals surface area contributed by atoms with Crippen LogP contribution in [0, 0.1) is 17.4 Å². The normalized spacial score (nSPS) is 10.6. The Balaban J connectivity index is 1.48. The van der Waals surface area contributed by atoms with Crippen molar-refractivity contribution in [2.45, 2.75) is 25.7 Å². The number of hydrogen-bond donors (Lipinski definition) is 1. The number of thioether (sulfide) groups is 1. The Bertz CT molecular complexity index is 925. The molecule has 0 saturated carbocycles. The molecule has 0 aliphatic heterocycles. The third-order valence-corrected chi connectivity index (χ3v) is 4.93. The Morgan fingerprint density at radius 1 is 1.19 bits per heavy atom. The molecule has 3 aromatic rings. The van der Waals surface area contributed by atoms with E-state index in [1.807, 2.05) is 50.2 Å². The molecule has 27 heavy (non-hydrogen) atoms. The lowest BCUT2D eigenvalue weighted by Crippen LogP contribution is -2.14. The summed E-state index contributed by atoms with van der Waals surface area (Å²) in [5, 5.41) is 11.1. The second-order valence-electron chi connectivity index (χ2n) is 5.92. The van der Waals surface area contributed by atoms with E-state index in [-0.39, 0.29) is 18.3 Å². The number of carbonyl (C=O) groups excluding carboxylic acids is 1. The summed E-state index contributed by atoms with van der Waals surface area (Å²) in [5.74, 6) is 1.19. The molecule has 1 N–H and O–H groups in total. The maximum Gasteiger partial charge on any atom is 0.277 e. The lowest BCUT2D eigenvalue weighted by molar-refractivity contribution is -0.113. The molecular formula is C19H18IN3O3S. The predicted molar refractivity (Wildman–Crippen MR) is 113 cm³/mol. The molecule has 2 aromatic carbocycles. The quantitative estimate of drug-likeness (QED) is 0.382. The summed E-state index contributed by atoms with van der Waals surface area (Å²) in [5.41, 5.74) is 3.03. The van der Waals surface area contributed by atoms with Gasteiger partial charge in [-0.3, -0.25) is 4.79 Å². The molecule has 0 saturated heterocycles. The van der Waals surface area contributed by atoms with Gasteiger partial charge < -0.3 is 14.5 Å². The molecule has 1 heterocycles. The molecule has 0 radical (unpaired) electrons. The van der Waals surface area contributed by atoms with E-state index in [9.17, 15) is 4.79 Å². The van der Waals surface area contributed by atoms with Crippen LogP contribution in [0.15, 0.2) is 52.1 Å². The highest BCUT2D eigenvalue weighted by Crippen LogP contribution is 2.20. The van der Waals surface area contributed by atoms with E-state index in [0.29, 0.717) is 11.1 Å². The number of aromatic nitrogens is 2. The van der Waals surface area contributed by atoms with E-state index in [2.05, 4.69) is 44.2 Å². The van der Waals surface area contributed by atoms with Crippen LogP contribution in [0.5, 0.6) is 5.75 Å². The summed E-state index contributed by atoms with van der Waals surface area (Å²) < 4.78 is 12.3.